The Kier molecular flexibility index (Phi) is 4.07. The molecule has 0 radical (unpaired) electrons. The molecule has 128 valence electrons. The van der Waals surface area contributed by atoms with Crippen LogP contribution in [0.25, 0.3) is 22.0 Å². The number of aromatic nitrogens is 2. The van der Waals surface area contributed by atoms with Crippen LogP contribution in [-0.2, 0) is 6.42 Å². The van der Waals surface area contributed by atoms with Crippen molar-refractivity contribution in [3.05, 3.63) is 78.1 Å². The number of hydrogen-bond donors (Lipinski definition) is 2. The molecule has 0 fully saturated rings. The van der Waals surface area contributed by atoms with Crippen molar-refractivity contribution < 1.29 is 14.4 Å². The Balaban J connectivity index is 1.81. The fourth-order valence-corrected chi connectivity index (χ4v) is 2.93. The molecule has 4 rings (SSSR count). The van der Waals surface area contributed by atoms with Crippen LogP contribution in [0.5, 0.6) is 0 Å². The lowest BCUT2D eigenvalue weighted by atomic mass is 9.99. The third-order valence-corrected chi connectivity index (χ3v) is 4.15. The van der Waals surface area contributed by atoms with Gasteiger partial charge in [-0.25, -0.2) is 4.79 Å². The molecule has 2 aromatic carbocycles. The van der Waals surface area contributed by atoms with Crippen LogP contribution in [0.1, 0.15) is 11.1 Å². The number of carbonyl (C=O) groups is 1. The maximum absolute atomic E-state index is 11.1. The van der Waals surface area contributed by atoms with E-state index in [2.05, 4.69) is 15.5 Å². The number of fused-ring (bicyclic) bond motifs is 1. The number of amides is 1. The van der Waals surface area contributed by atoms with Gasteiger partial charge in [0.25, 0.3) is 0 Å². The van der Waals surface area contributed by atoms with E-state index in [0.717, 1.165) is 21.9 Å². The van der Waals surface area contributed by atoms with Crippen molar-refractivity contribution in [2.24, 2.45) is 0 Å². The van der Waals surface area contributed by atoms with Crippen molar-refractivity contribution in [3.63, 3.8) is 0 Å². The van der Waals surface area contributed by atoms with Crippen molar-refractivity contribution in [1.82, 2.24) is 10.1 Å². The van der Waals surface area contributed by atoms with Crippen molar-refractivity contribution in [2.75, 3.05) is 5.32 Å². The van der Waals surface area contributed by atoms with Crippen LogP contribution in [0, 0.1) is 0 Å². The van der Waals surface area contributed by atoms with Gasteiger partial charge in [-0.05, 0) is 23.1 Å². The van der Waals surface area contributed by atoms with Crippen LogP contribution in [0.15, 0.2) is 71.5 Å². The summed E-state index contributed by atoms with van der Waals surface area (Å²) in [4.78, 5) is 15.2. The van der Waals surface area contributed by atoms with Crippen molar-refractivity contribution >= 4 is 22.7 Å². The second-order valence-electron chi connectivity index (χ2n) is 5.87. The summed E-state index contributed by atoms with van der Waals surface area (Å²) in [5.74, 6) is 0.145. The van der Waals surface area contributed by atoms with E-state index in [-0.39, 0.29) is 5.88 Å². The number of anilines is 1. The molecule has 2 heterocycles. The Morgan fingerprint density at radius 3 is 2.73 bits per heavy atom. The van der Waals surface area contributed by atoms with Crippen molar-refractivity contribution in [2.45, 2.75) is 6.42 Å². The fraction of sp³-hybridized carbons (Fsp3) is 0.0500. The predicted octanol–water partition coefficient (Wildman–Crippen LogP) is 4.57. The molecule has 0 aliphatic heterocycles. The standard InChI is InChI=1S/C20H15N3O3/c24-20(25)22-19-17(10-13-4-2-1-3-5-13)18(23-26-19)15-6-7-16-12-21-9-8-14(16)11-15/h1-9,11-12,22H,10H2,(H,24,25). The second kappa shape index (κ2) is 6.68. The Labute approximate surface area is 149 Å². The van der Waals surface area contributed by atoms with Crippen LogP contribution < -0.4 is 5.32 Å². The van der Waals surface area contributed by atoms with E-state index >= 15 is 0 Å². The smallest absolute Gasteiger partial charge is 0.411 e. The van der Waals surface area contributed by atoms with E-state index in [1.807, 2.05) is 54.6 Å². The number of nitrogens with one attached hydrogen (secondary N) is 1. The molecule has 2 N–H and O–H groups in total. The predicted molar refractivity (Wildman–Crippen MR) is 98.1 cm³/mol. The largest absolute Gasteiger partial charge is 0.465 e. The fourth-order valence-electron chi connectivity index (χ4n) is 2.93. The highest BCUT2D eigenvalue weighted by Crippen LogP contribution is 2.32. The maximum atomic E-state index is 11.1. The Hall–Kier alpha value is -3.67. The molecule has 0 unspecified atom stereocenters. The number of nitrogens with zero attached hydrogens (tertiary/aromatic N) is 2. The van der Waals surface area contributed by atoms with Gasteiger partial charge in [0.1, 0.15) is 5.69 Å². The molecule has 2 aromatic heterocycles. The van der Waals surface area contributed by atoms with Gasteiger partial charge >= 0.3 is 6.09 Å². The first kappa shape index (κ1) is 15.8. The van der Waals surface area contributed by atoms with Crippen LogP contribution in [0.4, 0.5) is 10.7 Å². The summed E-state index contributed by atoms with van der Waals surface area (Å²) in [6, 6.07) is 17.6. The Morgan fingerprint density at radius 2 is 1.92 bits per heavy atom. The molecule has 0 saturated heterocycles. The average Bonchev–Trinajstić information content (AvgIpc) is 3.04. The quantitative estimate of drug-likeness (QED) is 0.565. The van der Waals surface area contributed by atoms with Gasteiger partial charge in [0, 0.05) is 35.3 Å². The van der Waals surface area contributed by atoms with Gasteiger partial charge < -0.3 is 9.63 Å². The van der Waals surface area contributed by atoms with Crippen LogP contribution in [-0.4, -0.2) is 21.3 Å². The molecule has 0 atom stereocenters. The Morgan fingerprint density at radius 1 is 1.08 bits per heavy atom. The highest BCUT2D eigenvalue weighted by molar-refractivity contribution is 5.88. The van der Waals surface area contributed by atoms with Gasteiger partial charge in [-0.1, -0.05) is 47.6 Å². The van der Waals surface area contributed by atoms with Gasteiger partial charge in [0.05, 0.1) is 0 Å². The molecule has 0 saturated carbocycles. The first-order chi connectivity index (χ1) is 12.7. The molecule has 0 aliphatic rings. The SMILES string of the molecule is O=C(O)Nc1onc(-c2ccc3cnccc3c2)c1Cc1ccccc1. The minimum absolute atomic E-state index is 0.145. The van der Waals surface area contributed by atoms with E-state index in [9.17, 15) is 4.79 Å². The normalized spacial score (nSPS) is 10.8. The zero-order valence-corrected chi connectivity index (χ0v) is 13.7. The number of rotatable bonds is 4. The second-order valence-corrected chi connectivity index (χ2v) is 5.87. The lowest BCUT2D eigenvalue weighted by Gasteiger charge is -2.06. The van der Waals surface area contributed by atoms with Crippen LogP contribution >= 0.6 is 0 Å². The van der Waals surface area contributed by atoms with E-state index in [0.29, 0.717) is 17.7 Å². The molecule has 26 heavy (non-hydrogen) atoms. The van der Waals surface area contributed by atoms with Gasteiger partial charge in [-0.15, -0.1) is 0 Å². The lowest BCUT2D eigenvalue weighted by molar-refractivity contribution is 0.208. The van der Waals surface area contributed by atoms with E-state index in [1.165, 1.54) is 0 Å². The van der Waals surface area contributed by atoms with Gasteiger partial charge in [-0.2, -0.15) is 0 Å². The van der Waals surface area contributed by atoms with Gasteiger partial charge in [-0.3, -0.25) is 10.3 Å². The third kappa shape index (κ3) is 3.12. The molecule has 6 nitrogen and oxygen atoms in total. The number of carboxylic acid groups (broad SMARTS) is 1. The minimum Gasteiger partial charge on any atom is -0.465 e. The summed E-state index contributed by atoms with van der Waals surface area (Å²) in [5.41, 5.74) is 3.22. The van der Waals surface area contributed by atoms with E-state index in [1.54, 1.807) is 12.4 Å². The summed E-state index contributed by atoms with van der Waals surface area (Å²) < 4.78 is 5.29. The molecule has 0 aliphatic carbocycles. The van der Waals surface area contributed by atoms with E-state index < -0.39 is 6.09 Å². The monoisotopic (exact) mass is 345 g/mol. The molecular weight excluding hydrogens is 330 g/mol. The highest BCUT2D eigenvalue weighted by Gasteiger charge is 2.19. The molecule has 6 heteroatoms. The van der Waals surface area contributed by atoms with E-state index in [4.69, 9.17) is 9.63 Å². The first-order valence-corrected chi connectivity index (χ1v) is 8.07. The zero-order chi connectivity index (χ0) is 17.9. The molecule has 0 bridgehead atoms. The summed E-state index contributed by atoms with van der Waals surface area (Å²) in [7, 11) is 0. The molecular formula is C20H15N3O3. The summed E-state index contributed by atoms with van der Waals surface area (Å²) in [6.07, 6.45) is 2.84. The number of pyridine rings is 1. The third-order valence-electron chi connectivity index (χ3n) is 4.15. The molecule has 0 spiro atoms. The summed E-state index contributed by atoms with van der Waals surface area (Å²) in [5, 5.41) is 17.5. The minimum atomic E-state index is -1.19. The Bertz CT molecular complexity index is 1070. The first-order valence-electron chi connectivity index (χ1n) is 8.07. The summed E-state index contributed by atoms with van der Waals surface area (Å²) >= 11 is 0. The number of benzene rings is 2. The van der Waals surface area contributed by atoms with Crippen molar-refractivity contribution in [3.8, 4) is 11.3 Å². The van der Waals surface area contributed by atoms with Gasteiger partial charge in [0.15, 0.2) is 0 Å². The van der Waals surface area contributed by atoms with Crippen LogP contribution in [0.3, 0.4) is 0 Å². The zero-order valence-electron chi connectivity index (χ0n) is 13.7. The topological polar surface area (TPSA) is 88.2 Å². The van der Waals surface area contributed by atoms with Crippen LogP contribution in [0.2, 0.25) is 0 Å². The molecule has 1 amide bonds. The number of hydrogen-bond acceptors (Lipinski definition) is 4. The van der Waals surface area contributed by atoms with Gasteiger partial charge in [0.2, 0.25) is 5.88 Å². The maximum Gasteiger partial charge on any atom is 0.411 e. The lowest BCUT2D eigenvalue weighted by Crippen LogP contribution is -2.08. The summed E-state index contributed by atoms with van der Waals surface area (Å²) in [6.45, 7) is 0. The average molecular weight is 345 g/mol. The van der Waals surface area contributed by atoms with Crippen molar-refractivity contribution in [1.29, 1.82) is 0 Å². The highest BCUT2D eigenvalue weighted by atomic mass is 16.5. The molecule has 4 aromatic rings.